The van der Waals surface area contributed by atoms with Gasteiger partial charge in [0.15, 0.2) is 0 Å². The molecule has 1 unspecified atom stereocenters. The minimum absolute atomic E-state index is 0.0165. The zero-order valence-corrected chi connectivity index (χ0v) is 20.5. The summed E-state index contributed by atoms with van der Waals surface area (Å²) in [7, 11) is 0. The van der Waals surface area contributed by atoms with Crippen LogP contribution in [0.2, 0.25) is 20.1 Å². The van der Waals surface area contributed by atoms with Crippen LogP contribution in [0, 0.1) is 6.92 Å². The zero-order chi connectivity index (χ0) is 22.8. The SMILES string of the molecule is Cc1ccc(N2CCN(C(=O)Cc3cccc(Cl)c3Cl)CC2c2ccc(Cl)cc2)c(Cl)c1. The summed E-state index contributed by atoms with van der Waals surface area (Å²) in [6, 6.07) is 19.1. The van der Waals surface area contributed by atoms with Gasteiger partial charge in [-0.15, -0.1) is 0 Å². The second kappa shape index (κ2) is 9.93. The Morgan fingerprint density at radius 1 is 0.938 bits per heavy atom. The summed E-state index contributed by atoms with van der Waals surface area (Å²) in [5.41, 5.74) is 3.87. The lowest BCUT2D eigenvalue weighted by atomic mass is 10.00. The molecule has 0 aromatic heterocycles. The number of aryl methyl sites for hydroxylation is 1. The van der Waals surface area contributed by atoms with Crippen LogP contribution in [0.3, 0.4) is 0 Å². The van der Waals surface area contributed by atoms with Gasteiger partial charge in [0, 0.05) is 24.7 Å². The first kappa shape index (κ1) is 23.3. The first-order valence-corrected chi connectivity index (χ1v) is 11.8. The molecule has 0 saturated carbocycles. The first-order chi connectivity index (χ1) is 15.3. The van der Waals surface area contributed by atoms with Crippen molar-refractivity contribution in [2.75, 3.05) is 24.5 Å². The van der Waals surface area contributed by atoms with E-state index in [9.17, 15) is 4.79 Å². The van der Waals surface area contributed by atoms with Crippen LogP contribution in [0.5, 0.6) is 0 Å². The lowest BCUT2D eigenvalue weighted by molar-refractivity contribution is -0.131. The second-order valence-electron chi connectivity index (χ2n) is 7.95. The molecule has 0 spiro atoms. The van der Waals surface area contributed by atoms with E-state index in [0.29, 0.717) is 39.7 Å². The van der Waals surface area contributed by atoms with E-state index in [1.54, 1.807) is 6.07 Å². The summed E-state index contributed by atoms with van der Waals surface area (Å²) in [6.45, 7) is 3.79. The Labute approximate surface area is 208 Å². The van der Waals surface area contributed by atoms with E-state index >= 15 is 0 Å². The molecular weight excluding hydrogens is 486 g/mol. The van der Waals surface area contributed by atoms with Crippen LogP contribution in [-0.4, -0.2) is 30.4 Å². The van der Waals surface area contributed by atoms with Gasteiger partial charge in [-0.2, -0.15) is 0 Å². The molecule has 0 radical (unpaired) electrons. The first-order valence-electron chi connectivity index (χ1n) is 10.3. The quantitative estimate of drug-likeness (QED) is 0.371. The summed E-state index contributed by atoms with van der Waals surface area (Å²) >= 11 is 25.2. The number of carbonyl (C=O) groups is 1. The molecule has 166 valence electrons. The fourth-order valence-corrected chi connectivity index (χ4v) is 4.93. The highest BCUT2D eigenvalue weighted by Crippen LogP contribution is 2.36. The average Bonchev–Trinajstić information content (AvgIpc) is 2.77. The number of carbonyl (C=O) groups excluding carboxylic acids is 1. The van der Waals surface area contributed by atoms with Gasteiger partial charge in [0.25, 0.3) is 0 Å². The van der Waals surface area contributed by atoms with Crippen molar-refractivity contribution in [1.29, 1.82) is 0 Å². The molecule has 0 aliphatic carbocycles. The molecule has 1 atom stereocenters. The van der Waals surface area contributed by atoms with Gasteiger partial charge in [0.05, 0.1) is 33.2 Å². The Kier molecular flexibility index (Phi) is 7.21. The number of rotatable bonds is 4. The highest BCUT2D eigenvalue weighted by atomic mass is 35.5. The Morgan fingerprint density at radius 3 is 2.41 bits per heavy atom. The highest BCUT2D eigenvalue weighted by Gasteiger charge is 2.32. The molecule has 0 bridgehead atoms. The summed E-state index contributed by atoms with van der Waals surface area (Å²) in [5.74, 6) is 0.0165. The van der Waals surface area contributed by atoms with E-state index in [1.165, 1.54) is 0 Å². The molecule has 1 fully saturated rings. The Bertz CT molecular complexity index is 1130. The number of hydrogen-bond donors (Lipinski definition) is 0. The van der Waals surface area contributed by atoms with Crippen molar-refractivity contribution in [1.82, 2.24) is 4.90 Å². The number of piperazine rings is 1. The van der Waals surface area contributed by atoms with Gasteiger partial charge >= 0.3 is 0 Å². The van der Waals surface area contributed by atoms with Crippen molar-refractivity contribution in [2.45, 2.75) is 19.4 Å². The molecule has 32 heavy (non-hydrogen) atoms. The molecule has 3 nitrogen and oxygen atoms in total. The van der Waals surface area contributed by atoms with Crippen molar-refractivity contribution >= 4 is 58.0 Å². The molecule has 7 heteroatoms. The normalized spacial score (nSPS) is 16.3. The van der Waals surface area contributed by atoms with Crippen molar-refractivity contribution in [3.8, 4) is 0 Å². The van der Waals surface area contributed by atoms with E-state index in [0.717, 1.165) is 22.4 Å². The van der Waals surface area contributed by atoms with Crippen LogP contribution in [0.1, 0.15) is 22.7 Å². The number of amides is 1. The maximum Gasteiger partial charge on any atom is 0.227 e. The predicted molar refractivity (Wildman–Crippen MR) is 134 cm³/mol. The van der Waals surface area contributed by atoms with E-state index in [1.807, 2.05) is 60.4 Å². The van der Waals surface area contributed by atoms with Crippen LogP contribution >= 0.6 is 46.4 Å². The summed E-state index contributed by atoms with van der Waals surface area (Å²) in [4.78, 5) is 17.3. The molecular formula is C25H22Cl4N2O. The van der Waals surface area contributed by atoms with Gasteiger partial charge in [-0.05, 0) is 53.9 Å². The van der Waals surface area contributed by atoms with Gasteiger partial charge in [-0.3, -0.25) is 4.79 Å². The largest absolute Gasteiger partial charge is 0.360 e. The van der Waals surface area contributed by atoms with Crippen LogP contribution < -0.4 is 4.90 Å². The molecule has 1 aliphatic rings. The fraction of sp³-hybridized carbons (Fsp3) is 0.240. The number of anilines is 1. The maximum atomic E-state index is 13.2. The van der Waals surface area contributed by atoms with Crippen LogP contribution in [0.4, 0.5) is 5.69 Å². The van der Waals surface area contributed by atoms with Gasteiger partial charge in [0.2, 0.25) is 5.91 Å². The van der Waals surface area contributed by atoms with Crippen molar-refractivity contribution in [3.63, 3.8) is 0 Å². The molecule has 3 aromatic rings. The summed E-state index contributed by atoms with van der Waals surface area (Å²) in [5, 5.41) is 2.26. The lowest BCUT2D eigenvalue weighted by Gasteiger charge is -2.43. The molecule has 1 heterocycles. The van der Waals surface area contributed by atoms with E-state index in [4.69, 9.17) is 46.4 Å². The fourth-order valence-electron chi connectivity index (χ4n) is 4.07. The second-order valence-corrected chi connectivity index (χ2v) is 9.57. The Balaban J connectivity index is 1.61. The number of benzene rings is 3. The molecule has 4 rings (SSSR count). The third kappa shape index (κ3) is 5.02. The standard InChI is InChI=1S/C25H22Cl4N2O/c1-16-5-10-22(21(28)13-16)31-12-11-30(15-23(31)17-6-8-19(26)9-7-17)24(32)14-18-3-2-4-20(27)25(18)29/h2-10,13,23H,11-12,14-15H2,1H3. The smallest absolute Gasteiger partial charge is 0.227 e. The van der Waals surface area contributed by atoms with Gasteiger partial charge in [-0.25, -0.2) is 0 Å². The van der Waals surface area contributed by atoms with E-state index in [-0.39, 0.29) is 18.4 Å². The molecule has 1 aliphatic heterocycles. The monoisotopic (exact) mass is 506 g/mol. The Hall–Kier alpha value is -1.91. The third-order valence-corrected chi connectivity index (χ3v) is 7.19. The topological polar surface area (TPSA) is 23.6 Å². The van der Waals surface area contributed by atoms with E-state index in [2.05, 4.69) is 11.0 Å². The molecule has 1 saturated heterocycles. The van der Waals surface area contributed by atoms with Crippen LogP contribution in [0.15, 0.2) is 60.7 Å². The Morgan fingerprint density at radius 2 is 1.69 bits per heavy atom. The average molecular weight is 508 g/mol. The van der Waals surface area contributed by atoms with Crippen molar-refractivity contribution < 1.29 is 4.79 Å². The van der Waals surface area contributed by atoms with Gasteiger partial charge in [0.1, 0.15) is 0 Å². The number of hydrogen-bond acceptors (Lipinski definition) is 2. The minimum Gasteiger partial charge on any atom is -0.360 e. The van der Waals surface area contributed by atoms with Crippen molar-refractivity contribution in [3.05, 3.63) is 97.4 Å². The molecule has 0 N–H and O–H groups in total. The predicted octanol–water partition coefficient (Wildman–Crippen LogP) is 7.24. The third-order valence-electron chi connectivity index (χ3n) is 5.77. The van der Waals surface area contributed by atoms with E-state index < -0.39 is 0 Å². The highest BCUT2D eigenvalue weighted by molar-refractivity contribution is 6.42. The number of nitrogens with zero attached hydrogens (tertiary/aromatic N) is 2. The van der Waals surface area contributed by atoms with Crippen LogP contribution in [0.25, 0.3) is 0 Å². The summed E-state index contributed by atoms with van der Waals surface area (Å²) in [6.07, 6.45) is 0.206. The maximum absolute atomic E-state index is 13.2. The minimum atomic E-state index is -0.0555. The molecule has 1 amide bonds. The molecule has 3 aromatic carbocycles. The lowest BCUT2D eigenvalue weighted by Crippen LogP contribution is -2.51. The van der Waals surface area contributed by atoms with Gasteiger partial charge < -0.3 is 9.80 Å². The van der Waals surface area contributed by atoms with Crippen LogP contribution in [-0.2, 0) is 11.2 Å². The zero-order valence-electron chi connectivity index (χ0n) is 17.5. The number of halogens is 4. The van der Waals surface area contributed by atoms with Gasteiger partial charge in [-0.1, -0.05) is 76.7 Å². The summed E-state index contributed by atoms with van der Waals surface area (Å²) < 4.78 is 0. The van der Waals surface area contributed by atoms with Crippen molar-refractivity contribution in [2.24, 2.45) is 0 Å².